The maximum absolute atomic E-state index is 11.4. The van der Waals surface area contributed by atoms with Crippen LogP contribution in [0, 0.1) is 10.1 Å². The van der Waals surface area contributed by atoms with E-state index in [1.165, 1.54) is 7.05 Å². The lowest BCUT2D eigenvalue weighted by atomic mass is 10.1. The lowest BCUT2D eigenvalue weighted by Crippen LogP contribution is -2.18. The van der Waals surface area contributed by atoms with Gasteiger partial charge >= 0.3 is 0 Å². The number of hydrogen-bond acceptors (Lipinski definition) is 3. The molecule has 78 valence electrons. The van der Waals surface area contributed by atoms with Gasteiger partial charge in [-0.1, -0.05) is 30.3 Å². The zero-order valence-corrected chi connectivity index (χ0v) is 8.16. The van der Waals surface area contributed by atoms with Gasteiger partial charge in [-0.3, -0.25) is 4.79 Å². The van der Waals surface area contributed by atoms with Crippen LogP contribution in [0.5, 0.6) is 0 Å². The molecule has 0 aliphatic carbocycles. The second kappa shape index (κ2) is 4.90. The Kier molecular flexibility index (Phi) is 3.56. The van der Waals surface area contributed by atoms with E-state index in [1.807, 2.05) is 0 Å². The molecule has 0 fully saturated rings. The summed E-state index contributed by atoms with van der Waals surface area (Å²) in [5.74, 6) is -0.260. The molecular formula is C10H10N2O3. The fourth-order valence-electron chi connectivity index (χ4n) is 0.929. The Morgan fingerprint density at radius 2 is 2.00 bits per heavy atom. The number of carbonyl (C=O) groups is 1. The Labute approximate surface area is 86.7 Å². The Morgan fingerprint density at radius 3 is 2.53 bits per heavy atom. The van der Waals surface area contributed by atoms with Gasteiger partial charge in [0.2, 0.25) is 0 Å². The van der Waals surface area contributed by atoms with Gasteiger partial charge in [-0.25, -0.2) is 10.1 Å². The number of rotatable bonds is 4. The van der Waals surface area contributed by atoms with Crippen molar-refractivity contribution in [1.82, 2.24) is 5.01 Å². The minimum Gasteiger partial charge on any atom is -0.289 e. The maximum atomic E-state index is 11.4. The lowest BCUT2D eigenvalue weighted by Gasteiger charge is -2.00. The summed E-state index contributed by atoms with van der Waals surface area (Å²) in [6.07, 6.45) is 2.29. The molecule has 15 heavy (non-hydrogen) atoms. The van der Waals surface area contributed by atoms with Gasteiger partial charge in [0.25, 0.3) is 0 Å². The average Bonchev–Trinajstić information content (AvgIpc) is 2.26. The van der Waals surface area contributed by atoms with Crippen LogP contribution >= 0.6 is 0 Å². The molecule has 0 saturated heterocycles. The fourth-order valence-corrected chi connectivity index (χ4v) is 0.929. The van der Waals surface area contributed by atoms with Gasteiger partial charge in [-0.05, 0) is 0 Å². The molecule has 5 nitrogen and oxygen atoms in total. The van der Waals surface area contributed by atoms with E-state index in [-0.39, 0.29) is 5.78 Å². The van der Waals surface area contributed by atoms with Crippen molar-refractivity contribution in [3.8, 4) is 0 Å². The lowest BCUT2D eigenvalue weighted by molar-refractivity contribution is -0.633. The fraction of sp³-hybridized carbons (Fsp3) is 0.100. The number of carbonyl (C=O) groups excluding carboxylic acids is 1. The molecule has 0 spiro atoms. The molecule has 5 heteroatoms. The van der Waals surface area contributed by atoms with E-state index in [4.69, 9.17) is 0 Å². The van der Waals surface area contributed by atoms with Crippen LogP contribution in [-0.2, 0) is 0 Å². The van der Waals surface area contributed by atoms with Crippen LogP contribution < -0.4 is 0 Å². The van der Waals surface area contributed by atoms with Gasteiger partial charge in [-0.2, -0.15) is 0 Å². The molecule has 1 aromatic carbocycles. The van der Waals surface area contributed by atoms with E-state index in [2.05, 4.69) is 0 Å². The number of hydrogen-bond donors (Lipinski definition) is 0. The molecule has 1 aromatic rings. The molecule has 0 N–H and O–H groups in total. The first-order valence-corrected chi connectivity index (χ1v) is 4.26. The highest BCUT2D eigenvalue weighted by molar-refractivity contribution is 6.04. The minimum absolute atomic E-state index is 0.260. The van der Waals surface area contributed by atoms with Gasteiger partial charge in [0.1, 0.15) is 0 Å². The van der Waals surface area contributed by atoms with Crippen molar-refractivity contribution in [3.05, 3.63) is 58.3 Å². The van der Waals surface area contributed by atoms with E-state index < -0.39 is 5.03 Å². The molecule has 0 saturated carbocycles. The van der Waals surface area contributed by atoms with E-state index in [0.717, 1.165) is 17.3 Å². The van der Waals surface area contributed by atoms with Crippen LogP contribution in [-0.4, -0.2) is 22.9 Å². The monoisotopic (exact) mass is 206 g/mol. The third-order valence-electron chi connectivity index (χ3n) is 1.76. The molecule has 0 aromatic heterocycles. The largest absolute Gasteiger partial charge is 0.289 e. The molecule has 0 radical (unpaired) electrons. The Balaban J connectivity index is 2.68. The molecule has 0 atom stereocenters. The summed E-state index contributed by atoms with van der Waals surface area (Å²) in [5, 5.41) is 10.3. The first-order valence-electron chi connectivity index (χ1n) is 4.26. The van der Waals surface area contributed by atoms with E-state index >= 15 is 0 Å². The zero-order valence-electron chi connectivity index (χ0n) is 8.16. The first kappa shape index (κ1) is 10.9. The van der Waals surface area contributed by atoms with Crippen molar-refractivity contribution in [2.75, 3.05) is 7.05 Å². The van der Waals surface area contributed by atoms with Crippen LogP contribution in [0.2, 0.25) is 0 Å². The van der Waals surface area contributed by atoms with E-state index in [1.54, 1.807) is 30.3 Å². The Hall–Kier alpha value is -2.17. The predicted octanol–water partition coefficient (Wildman–Crippen LogP) is 1.51. The third-order valence-corrected chi connectivity index (χ3v) is 1.76. The maximum Gasteiger partial charge on any atom is 0.187 e. The molecule has 0 bridgehead atoms. The normalized spacial score (nSPS) is 10.2. The first-order chi connectivity index (χ1) is 7.11. The number of hydrazine groups is 1. The summed E-state index contributed by atoms with van der Waals surface area (Å²) in [5.41, 5.74) is 0.505. The predicted molar refractivity (Wildman–Crippen MR) is 54.7 cm³/mol. The SMILES string of the molecule is CN(C=CC(=O)c1ccccc1)[N+](=O)[O-]. The summed E-state index contributed by atoms with van der Waals surface area (Å²) in [6.45, 7) is 0. The molecule has 0 unspecified atom stereocenters. The van der Waals surface area contributed by atoms with Gasteiger partial charge < -0.3 is 0 Å². The second-order valence-corrected chi connectivity index (χ2v) is 2.86. The van der Waals surface area contributed by atoms with Gasteiger partial charge in [-0.15, -0.1) is 5.01 Å². The summed E-state index contributed by atoms with van der Waals surface area (Å²) in [4.78, 5) is 21.7. The number of ketones is 1. The Morgan fingerprint density at radius 1 is 1.40 bits per heavy atom. The quantitative estimate of drug-likeness (QED) is 0.324. The summed E-state index contributed by atoms with van der Waals surface area (Å²) >= 11 is 0. The number of benzene rings is 1. The molecule has 0 amide bonds. The second-order valence-electron chi connectivity index (χ2n) is 2.86. The topological polar surface area (TPSA) is 63.5 Å². The number of nitrogens with zero attached hydrogens (tertiary/aromatic N) is 2. The molecule has 0 aliphatic rings. The molecule has 0 heterocycles. The van der Waals surface area contributed by atoms with Crippen LogP contribution in [0.3, 0.4) is 0 Å². The van der Waals surface area contributed by atoms with Crippen LogP contribution in [0.4, 0.5) is 0 Å². The van der Waals surface area contributed by atoms with Crippen LogP contribution in [0.25, 0.3) is 0 Å². The highest BCUT2D eigenvalue weighted by Gasteiger charge is 2.04. The van der Waals surface area contributed by atoms with Crippen molar-refractivity contribution in [2.45, 2.75) is 0 Å². The number of allylic oxidation sites excluding steroid dienone is 1. The summed E-state index contributed by atoms with van der Waals surface area (Å²) in [6, 6.07) is 8.57. The molecule has 1 rings (SSSR count). The standard InChI is InChI=1S/C10H10N2O3/c1-11(12(14)15)8-7-10(13)9-5-3-2-4-6-9/h2-8H,1H3. The van der Waals surface area contributed by atoms with Gasteiger partial charge in [0.15, 0.2) is 10.8 Å². The van der Waals surface area contributed by atoms with Crippen molar-refractivity contribution in [3.63, 3.8) is 0 Å². The van der Waals surface area contributed by atoms with Crippen molar-refractivity contribution >= 4 is 5.78 Å². The smallest absolute Gasteiger partial charge is 0.187 e. The highest BCUT2D eigenvalue weighted by Crippen LogP contribution is 2.01. The highest BCUT2D eigenvalue weighted by atomic mass is 16.7. The van der Waals surface area contributed by atoms with Crippen LogP contribution in [0.15, 0.2) is 42.6 Å². The summed E-state index contributed by atoms with van der Waals surface area (Å²) < 4.78 is 0. The molecular weight excluding hydrogens is 196 g/mol. The minimum atomic E-state index is -0.616. The van der Waals surface area contributed by atoms with E-state index in [9.17, 15) is 14.9 Å². The van der Waals surface area contributed by atoms with E-state index in [0.29, 0.717) is 5.56 Å². The average molecular weight is 206 g/mol. The van der Waals surface area contributed by atoms with Crippen molar-refractivity contribution < 1.29 is 9.83 Å². The van der Waals surface area contributed by atoms with Crippen molar-refractivity contribution in [2.24, 2.45) is 0 Å². The zero-order chi connectivity index (χ0) is 11.3. The van der Waals surface area contributed by atoms with Crippen LogP contribution in [0.1, 0.15) is 10.4 Å². The third kappa shape index (κ3) is 3.22. The summed E-state index contributed by atoms with van der Waals surface area (Å²) in [7, 11) is 1.26. The van der Waals surface area contributed by atoms with Crippen molar-refractivity contribution in [1.29, 1.82) is 0 Å². The Bertz CT molecular complexity index is 387. The van der Waals surface area contributed by atoms with Gasteiger partial charge in [0.05, 0.1) is 13.2 Å². The molecule has 0 aliphatic heterocycles. The number of nitro groups is 1. The van der Waals surface area contributed by atoms with Gasteiger partial charge in [0, 0.05) is 11.6 Å².